The van der Waals surface area contributed by atoms with E-state index in [2.05, 4.69) is 9.97 Å². The maximum Gasteiger partial charge on any atom is 0.242 e. The van der Waals surface area contributed by atoms with E-state index in [1.165, 1.54) is 0 Å². The van der Waals surface area contributed by atoms with Crippen LogP contribution in [0.1, 0.15) is 17.2 Å². The van der Waals surface area contributed by atoms with Crippen molar-refractivity contribution in [2.24, 2.45) is 5.73 Å². The molecule has 0 radical (unpaired) electrons. The topological polar surface area (TPSA) is 86.7 Å². The third kappa shape index (κ3) is 3.99. The quantitative estimate of drug-likeness (QED) is 0.419. The van der Waals surface area contributed by atoms with E-state index in [1.54, 1.807) is 17.1 Å². The van der Waals surface area contributed by atoms with Gasteiger partial charge in [-0.05, 0) is 47.9 Å². The molecule has 6 nitrogen and oxygen atoms in total. The number of rotatable bonds is 6. The number of carbonyl (C=O) groups is 1. The van der Waals surface area contributed by atoms with E-state index < -0.39 is 11.9 Å². The van der Waals surface area contributed by atoms with Crippen LogP contribution in [-0.2, 0) is 11.2 Å². The van der Waals surface area contributed by atoms with E-state index in [0.29, 0.717) is 12.1 Å². The van der Waals surface area contributed by atoms with Gasteiger partial charge >= 0.3 is 0 Å². The van der Waals surface area contributed by atoms with Crippen molar-refractivity contribution in [3.63, 3.8) is 0 Å². The Kier molecular flexibility index (Phi) is 5.40. The molecule has 33 heavy (non-hydrogen) atoms. The Morgan fingerprint density at radius 2 is 1.70 bits per heavy atom. The number of aryl methyl sites for hydroxylation is 1. The number of carbonyl (C=O) groups excluding carboxylic acids is 1. The molecule has 6 heteroatoms. The Morgan fingerprint density at radius 3 is 2.48 bits per heavy atom. The number of fused-ring (bicyclic) bond motifs is 1. The lowest BCUT2D eigenvalue weighted by Crippen LogP contribution is -2.29. The first-order valence-electron chi connectivity index (χ1n) is 10.8. The van der Waals surface area contributed by atoms with Gasteiger partial charge in [0.25, 0.3) is 0 Å². The molecular formula is C27H23N5O. The Labute approximate surface area is 191 Å². The minimum Gasteiger partial charge on any atom is -0.368 e. The third-order valence-corrected chi connectivity index (χ3v) is 5.90. The first kappa shape index (κ1) is 20.6. The van der Waals surface area contributed by atoms with Crippen molar-refractivity contribution in [3.8, 4) is 22.5 Å². The van der Waals surface area contributed by atoms with E-state index in [9.17, 15) is 4.79 Å². The molecule has 1 amide bonds. The van der Waals surface area contributed by atoms with Crippen LogP contribution in [0.15, 0.2) is 91.4 Å². The normalized spacial score (nSPS) is 12.0. The molecule has 0 aliphatic carbocycles. The van der Waals surface area contributed by atoms with Crippen molar-refractivity contribution in [1.82, 2.24) is 19.7 Å². The lowest BCUT2D eigenvalue weighted by molar-refractivity contribution is -0.121. The minimum atomic E-state index is -0.629. The molecule has 1 atom stereocenters. The second-order valence-electron chi connectivity index (χ2n) is 8.01. The molecule has 2 N–H and O–H groups in total. The summed E-state index contributed by atoms with van der Waals surface area (Å²) in [6.07, 6.45) is 5.89. The second-order valence-corrected chi connectivity index (χ2v) is 8.01. The van der Waals surface area contributed by atoms with E-state index in [0.717, 1.165) is 38.9 Å². The van der Waals surface area contributed by atoms with E-state index in [4.69, 9.17) is 10.8 Å². The van der Waals surface area contributed by atoms with Gasteiger partial charge < -0.3 is 5.73 Å². The number of pyridine rings is 2. The maximum atomic E-state index is 12.6. The predicted molar refractivity (Wildman–Crippen MR) is 129 cm³/mol. The highest BCUT2D eigenvalue weighted by Gasteiger charge is 2.24. The Balaban J connectivity index is 1.69. The van der Waals surface area contributed by atoms with Crippen LogP contribution in [0.5, 0.6) is 0 Å². The predicted octanol–water partition coefficient (Wildman–Crippen LogP) is 4.74. The summed E-state index contributed by atoms with van der Waals surface area (Å²) in [5.41, 5.74) is 12.2. The van der Waals surface area contributed by atoms with Crippen LogP contribution in [0.3, 0.4) is 0 Å². The number of hydrogen-bond acceptors (Lipinski definition) is 4. The summed E-state index contributed by atoms with van der Waals surface area (Å²) in [7, 11) is 0. The van der Waals surface area contributed by atoms with Crippen LogP contribution in [0, 0.1) is 6.92 Å². The van der Waals surface area contributed by atoms with Gasteiger partial charge in [-0.3, -0.25) is 19.4 Å². The number of benzene rings is 2. The van der Waals surface area contributed by atoms with Crippen molar-refractivity contribution in [2.75, 3.05) is 0 Å². The average molecular weight is 434 g/mol. The number of amides is 1. The summed E-state index contributed by atoms with van der Waals surface area (Å²) in [5, 5.41) is 5.85. The van der Waals surface area contributed by atoms with Crippen LogP contribution in [0.25, 0.3) is 33.4 Å². The number of nitrogens with zero attached hydrogens (tertiary/aromatic N) is 4. The average Bonchev–Trinajstić information content (AvgIpc) is 3.28. The van der Waals surface area contributed by atoms with Gasteiger partial charge in [-0.2, -0.15) is 5.10 Å². The number of aromatic nitrogens is 4. The molecule has 0 saturated carbocycles. The molecule has 0 spiro atoms. The van der Waals surface area contributed by atoms with Gasteiger partial charge in [-0.1, -0.05) is 48.5 Å². The second kappa shape index (κ2) is 8.67. The molecule has 162 valence electrons. The van der Waals surface area contributed by atoms with Crippen LogP contribution in [0.4, 0.5) is 0 Å². The van der Waals surface area contributed by atoms with E-state index >= 15 is 0 Å². The molecule has 2 aromatic carbocycles. The van der Waals surface area contributed by atoms with E-state index in [-0.39, 0.29) is 0 Å². The van der Waals surface area contributed by atoms with Crippen LogP contribution >= 0.6 is 0 Å². The Hall–Kier alpha value is -4.32. The largest absolute Gasteiger partial charge is 0.368 e. The van der Waals surface area contributed by atoms with Crippen molar-refractivity contribution < 1.29 is 4.79 Å². The smallest absolute Gasteiger partial charge is 0.242 e. The van der Waals surface area contributed by atoms with Crippen LogP contribution in [-0.4, -0.2) is 25.7 Å². The zero-order chi connectivity index (χ0) is 22.8. The molecule has 0 saturated heterocycles. The van der Waals surface area contributed by atoms with Gasteiger partial charge in [0, 0.05) is 36.0 Å². The first-order valence-corrected chi connectivity index (χ1v) is 10.8. The van der Waals surface area contributed by atoms with Gasteiger partial charge in [0.05, 0.1) is 11.2 Å². The van der Waals surface area contributed by atoms with Crippen LogP contribution < -0.4 is 5.73 Å². The summed E-state index contributed by atoms with van der Waals surface area (Å²) in [6, 6.07) is 23.0. The SMILES string of the molecule is Cc1ccccc1CC(C(N)=O)n1cc(-c2ccnc3ccccc23)c(-c2ccccn2)n1. The molecule has 1 unspecified atom stereocenters. The molecule has 3 aromatic heterocycles. The minimum absolute atomic E-state index is 0.431. The number of primary amides is 1. The summed E-state index contributed by atoms with van der Waals surface area (Å²) < 4.78 is 1.68. The lowest BCUT2D eigenvalue weighted by atomic mass is 10.00. The molecule has 0 fully saturated rings. The maximum absolute atomic E-state index is 12.6. The number of nitrogens with two attached hydrogens (primary N) is 1. The number of para-hydroxylation sites is 1. The Bertz CT molecular complexity index is 1440. The highest BCUT2D eigenvalue weighted by molar-refractivity contribution is 5.97. The summed E-state index contributed by atoms with van der Waals surface area (Å²) in [4.78, 5) is 21.6. The monoisotopic (exact) mass is 433 g/mol. The molecule has 0 aliphatic heterocycles. The van der Waals surface area contributed by atoms with Crippen molar-refractivity contribution in [1.29, 1.82) is 0 Å². The molecule has 3 heterocycles. The van der Waals surface area contributed by atoms with Gasteiger partial charge in [-0.15, -0.1) is 0 Å². The Morgan fingerprint density at radius 1 is 0.909 bits per heavy atom. The molecule has 5 rings (SSSR count). The first-order chi connectivity index (χ1) is 16.1. The zero-order valence-corrected chi connectivity index (χ0v) is 18.2. The summed E-state index contributed by atoms with van der Waals surface area (Å²) >= 11 is 0. The fourth-order valence-electron chi connectivity index (χ4n) is 4.14. The standard InChI is InChI=1S/C27H23N5O/c1-18-8-2-3-9-19(18)16-25(27(28)33)32-17-22(26(31-32)24-12-6-7-14-29-24)20-13-15-30-23-11-5-4-10-21(20)23/h2-15,17,25H,16H2,1H3,(H2,28,33). The highest BCUT2D eigenvalue weighted by Crippen LogP contribution is 2.35. The van der Waals surface area contributed by atoms with Gasteiger partial charge in [0.15, 0.2) is 0 Å². The van der Waals surface area contributed by atoms with Gasteiger partial charge in [-0.25, -0.2) is 0 Å². The van der Waals surface area contributed by atoms with Gasteiger partial charge in [0.2, 0.25) is 5.91 Å². The third-order valence-electron chi connectivity index (χ3n) is 5.90. The fourth-order valence-corrected chi connectivity index (χ4v) is 4.14. The van der Waals surface area contributed by atoms with Crippen molar-refractivity contribution in [2.45, 2.75) is 19.4 Å². The number of hydrogen-bond donors (Lipinski definition) is 1. The van der Waals surface area contributed by atoms with Crippen molar-refractivity contribution >= 4 is 16.8 Å². The lowest BCUT2D eigenvalue weighted by Gasteiger charge is -2.15. The fraction of sp³-hybridized carbons (Fsp3) is 0.111. The summed E-state index contributed by atoms with van der Waals surface area (Å²) in [5.74, 6) is -0.431. The van der Waals surface area contributed by atoms with Gasteiger partial charge in [0.1, 0.15) is 11.7 Å². The van der Waals surface area contributed by atoms with Crippen molar-refractivity contribution in [3.05, 3.63) is 103 Å². The highest BCUT2D eigenvalue weighted by atomic mass is 16.1. The zero-order valence-electron chi connectivity index (χ0n) is 18.2. The molecule has 0 aliphatic rings. The molecule has 0 bridgehead atoms. The molecular weight excluding hydrogens is 410 g/mol. The van der Waals surface area contributed by atoms with Crippen LogP contribution in [0.2, 0.25) is 0 Å². The molecule has 5 aromatic rings. The van der Waals surface area contributed by atoms with E-state index in [1.807, 2.05) is 85.9 Å². The summed E-state index contributed by atoms with van der Waals surface area (Å²) in [6.45, 7) is 2.03.